The molecule has 0 aliphatic heterocycles. The SMILES string of the molecule is CCCCC(NC(=O)c1cccnc1/C=C/c1ccc(CN(C)C)cc1)C(N)=O. The smallest absolute Gasteiger partial charge is 0.254 e. The Kier molecular flexibility index (Phi) is 8.55. The summed E-state index contributed by atoms with van der Waals surface area (Å²) in [5.74, 6) is -0.871. The van der Waals surface area contributed by atoms with E-state index in [-0.39, 0.29) is 5.91 Å². The minimum absolute atomic E-state index is 0.348. The topological polar surface area (TPSA) is 88.3 Å². The average Bonchev–Trinajstić information content (AvgIpc) is 2.70. The third-order valence-corrected chi connectivity index (χ3v) is 4.49. The fourth-order valence-electron chi connectivity index (χ4n) is 2.95. The van der Waals surface area contributed by atoms with Gasteiger partial charge in [0.2, 0.25) is 5.91 Å². The summed E-state index contributed by atoms with van der Waals surface area (Å²) in [6.07, 6.45) is 7.63. The van der Waals surface area contributed by atoms with E-state index in [0.29, 0.717) is 17.7 Å². The second kappa shape index (κ2) is 11.1. The predicted molar refractivity (Wildman–Crippen MR) is 117 cm³/mol. The van der Waals surface area contributed by atoms with Crippen LogP contribution >= 0.6 is 0 Å². The number of nitrogens with one attached hydrogen (secondary N) is 1. The summed E-state index contributed by atoms with van der Waals surface area (Å²) >= 11 is 0. The third-order valence-electron chi connectivity index (χ3n) is 4.49. The summed E-state index contributed by atoms with van der Waals surface area (Å²) in [5.41, 5.74) is 8.64. The van der Waals surface area contributed by atoms with Crippen molar-refractivity contribution in [2.75, 3.05) is 14.1 Å². The maximum absolute atomic E-state index is 12.7. The lowest BCUT2D eigenvalue weighted by Crippen LogP contribution is -2.44. The number of nitrogens with two attached hydrogens (primary N) is 1. The quantitative estimate of drug-likeness (QED) is 0.648. The lowest BCUT2D eigenvalue weighted by Gasteiger charge is -2.15. The lowest BCUT2D eigenvalue weighted by atomic mass is 10.1. The van der Waals surface area contributed by atoms with Crippen molar-refractivity contribution in [2.45, 2.75) is 38.8 Å². The van der Waals surface area contributed by atoms with Crippen LogP contribution in [0.3, 0.4) is 0 Å². The lowest BCUT2D eigenvalue weighted by molar-refractivity contribution is -0.120. The van der Waals surface area contributed by atoms with Crippen LogP contribution in [0.5, 0.6) is 0 Å². The number of pyridine rings is 1. The van der Waals surface area contributed by atoms with Gasteiger partial charge in [0.15, 0.2) is 0 Å². The van der Waals surface area contributed by atoms with Crippen molar-refractivity contribution in [3.05, 3.63) is 65.0 Å². The highest BCUT2D eigenvalue weighted by Gasteiger charge is 2.19. The van der Waals surface area contributed by atoms with Gasteiger partial charge in [0, 0.05) is 12.7 Å². The normalized spacial score (nSPS) is 12.3. The first-order valence-corrected chi connectivity index (χ1v) is 9.87. The first-order chi connectivity index (χ1) is 13.9. The van der Waals surface area contributed by atoms with Crippen LogP contribution < -0.4 is 11.1 Å². The second-order valence-electron chi connectivity index (χ2n) is 7.32. The highest BCUT2D eigenvalue weighted by Crippen LogP contribution is 2.13. The Morgan fingerprint density at radius 3 is 2.52 bits per heavy atom. The van der Waals surface area contributed by atoms with Gasteiger partial charge in [-0.25, -0.2) is 0 Å². The molecule has 1 atom stereocenters. The van der Waals surface area contributed by atoms with Crippen molar-refractivity contribution >= 4 is 24.0 Å². The molecule has 1 unspecified atom stereocenters. The largest absolute Gasteiger partial charge is 0.368 e. The van der Waals surface area contributed by atoms with Crippen molar-refractivity contribution in [3.8, 4) is 0 Å². The third kappa shape index (κ3) is 7.16. The second-order valence-corrected chi connectivity index (χ2v) is 7.32. The first-order valence-electron chi connectivity index (χ1n) is 9.87. The molecule has 3 N–H and O–H groups in total. The minimum Gasteiger partial charge on any atom is -0.368 e. The Hall–Kier alpha value is -2.99. The molecule has 1 heterocycles. The van der Waals surface area contributed by atoms with Crippen molar-refractivity contribution in [1.29, 1.82) is 0 Å². The molecule has 0 aliphatic carbocycles. The number of nitrogens with zero attached hydrogens (tertiary/aromatic N) is 2. The van der Waals surface area contributed by atoms with E-state index < -0.39 is 11.9 Å². The standard InChI is InChI=1S/C23H30N4O2/c1-4-5-8-21(22(24)28)26-23(29)19-7-6-15-25-20(19)14-13-17-9-11-18(12-10-17)16-27(2)3/h6-7,9-15,21H,4-5,8,16H2,1-3H3,(H2,24,28)(H,26,29)/b14-13+. The van der Waals surface area contributed by atoms with Crippen LogP contribution in [-0.2, 0) is 11.3 Å². The van der Waals surface area contributed by atoms with E-state index in [4.69, 9.17) is 5.73 Å². The maximum atomic E-state index is 12.7. The van der Waals surface area contributed by atoms with E-state index in [1.54, 1.807) is 24.4 Å². The molecule has 0 saturated carbocycles. The monoisotopic (exact) mass is 394 g/mol. The number of amides is 2. The molecule has 154 valence electrons. The van der Waals surface area contributed by atoms with Crippen molar-refractivity contribution < 1.29 is 9.59 Å². The molecule has 0 bridgehead atoms. The Morgan fingerprint density at radius 2 is 1.90 bits per heavy atom. The molecule has 1 aromatic heterocycles. The van der Waals surface area contributed by atoms with Gasteiger partial charge < -0.3 is 16.0 Å². The maximum Gasteiger partial charge on any atom is 0.254 e. The van der Waals surface area contributed by atoms with Crippen molar-refractivity contribution in [3.63, 3.8) is 0 Å². The van der Waals surface area contributed by atoms with Gasteiger partial charge in [-0.15, -0.1) is 0 Å². The molecule has 0 radical (unpaired) electrons. The number of aromatic nitrogens is 1. The minimum atomic E-state index is -0.677. The number of benzene rings is 1. The van der Waals surface area contributed by atoms with E-state index in [0.717, 1.165) is 24.9 Å². The summed E-state index contributed by atoms with van der Waals surface area (Å²) in [5, 5.41) is 2.74. The van der Waals surface area contributed by atoms with Gasteiger partial charge in [0.1, 0.15) is 6.04 Å². The summed E-state index contributed by atoms with van der Waals surface area (Å²) in [6.45, 7) is 2.91. The number of hydrogen-bond donors (Lipinski definition) is 2. The van der Waals surface area contributed by atoms with Gasteiger partial charge in [-0.2, -0.15) is 0 Å². The highest BCUT2D eigenvalue weighted by atomic mass is 16.2. The molecule has 29 heavy (non-hydrogen) atoms. The van der Waals surface area contributed by atoms with Crippen molar-refractivity contribution in [2.24, 2.45) is 5.73 Å². The van der Waals surface area contributed by atoms with Crippen LogP contribution in [0.1, 0.15) is 53.4 Å². The van der Waals surface area contributed by atoms with Crippen LogP contribution in [0.4, 0.5) is 0 Å². The summed E-state index contributed by atoms with van der Waals surface area (Å²) in [6, 6.07) is 10.9. The van der Waals surface area contributed by atoms with Gasteiger partial charge in [-0.05, 0) is 49.9 Å². The van der Waals surface area contributed by atoms with E-state index in [1.165, 1.54) is 5.56 Å². The molecule has 6 heteroatoms. The van der Waals surface area contributed by atoms with Gasteiger partial charge in [0.05, 0.1) is 11.3 Å². The fraction of sp³-hybridized carbons (Fsp3) is 0.348. The van der Waals surface area contributed by atoms with E-state index in [1.807, 2.05) is 39.2 Å². The fourth-order valence-corrected chi connectivity index (χ4v) is 2.95. The van der Waals surface area contributed by atoms with Gasteiger partial charge in [0.25, 0.3) is 5.91 Å². The molecule has 0 aliphatic rings. The number of unbranched alkanes of at least 4 members (excludes halogenated alkanes) is 1. The van der Waals surface area contributed by atoms with Crippen LogP contribution in [0.25, 0.3) is 12.2 Å². The zero-order valence-corrected chi connectivity index (χ0v) is 17.4. The average molecular weight is 395 g/mol. The number of primary amides is 1. The molecule has 0 saturated heterocycles. The molecular weight excluding hydrogens is 364 g/mol. The van der Waals surface area contributed by atoms with Gasteiger partial charge in [-0.1, -0.05) is 50.1 Å². The Labute approximate surface area is 172 Å². The number of carbonyl (C=O) groups excluding carboxylic acids is 2. The molecule has 0 fully saturated rings. The van der Waals surface area contributed by atoms with Crippen LogP contribution in [0, 0.1) is 0 Å². The van der Waals surface area contributed by atoms with Crippen LogP contribution in [0.2, 0.25) is 0 Å². The molecule has 2 aromatic rings. The zero-order chi connectivity index (χ0) is 21.2. The molecule has 6 nitrogen and oxygen atoms in total. The number of carbonyl (C=O) groups is 2. The van der Waals surface area contributed by atoms with Gasteiger partial charge in [-0.3, -0.25) is 14.6 Å². The van der Waals surface area contributed by atoms with E-state index in [9.17, 15) is 9.59 Å². The molecule has 1 aromatic carbocycles. The van der Waals surface area contributed by atoms with E-state index >= 15 is 0 Å². The Balaban J connectivity index is 2.14. The number of rotatable bonds is 10. The summed E-state index contributed by atoms with van der Waals surface area (Å²) < 4.78 is 0. The number of hydrogen-bond acceptors (Lipinski definition) is 4. The zero-order valence-electron chi connectivity index (χ0n) is 17.4. The molecule has 0 spiro atoms. The van der Waals surface area contributed by atoms with Gasteiger partial charge >= 0.3 is 0 Å². The molecule has 2 amide bonds. The predicted octanol–water partition coefficient (Wildman–Crippen LogP) is 3.09. The van der Waals surface area contributed by atoms with Crippen molar-refractivity contribution in [1.82, 2.24) is 15.2 Å². The van der Waals surface area contributed by atoms with Crippen LogP contribution in [-0.4, -0.2) is 41.8 Å². The highest BCUT2D eigenvalue weighted by molar-refractivity contribution is 6.00. The summed E-state index contributed by atoms with van der Waals surface area (Å²) in [7, 11) is 4.07. The first kappa shape index (κ1) is 22.3. The Bertz CT molecular complexity index is 844. The molecule has 2 rings (SSSR count). The van der Waals surface area contributed by atoms with Crippen LogP contribution in [0.15, 0.2) is 42.6 Å². The molecular formula is C23H30N4O2. The summed E-state index contributed by atoms with van der Waals surface area (Å²) in [4.78, 5) is 30.8. The van der Waals surface area contributed by atoms with E-state index in [2.05, 4.69) is 27.3 Å². The Morgan fingerprint density at radius 1 is 1.17 bits per heavy atom.